The van der Waals surface area contributed by atoms with E-state index >= 15 is 0 Å². The molecule has 3 nitrogen and oxygen atoms in total. The molecule has 1 heterocycles. The zero-order valence-electron chi connectivity index (χ0n) is 7.89. The third-order valence-corrected chi connectivity index (χ3v) is 3.52. The van der Waals surface area contributed by atoms with Crippen molar-refractivity contribution >= 4 is 5.78 Å². The summed E-state index contributed by atoms with van der Waals surface area (Å²) in [5, 5.41) is 0. The van der Waals surface area contributed by atoms with Crippen LogP contribution >= 0.6 is 0 Å². The Hall–Kier alpha value is -1.25. The van der Waals surface area contributed by atoms with Gasteiger partial charge in [-0.25, -0.2) is 4.98 Å². The van der Waals surface area contributed by atoms with Gasteiger partial charge in [-0.3, -0.25) is 9.78 Å². The van der Waals surface area contributed by atoms with Gasteiger partial charge in [0, 0.05) is 18.3 Å². The molecular weight excluding hydrogens is 176 g/mol. The third kappa shape index (κ3) is 1.08. The molecule has 0 spiro atoms. The second kappa shape index (κ2) is 2.87. The Balaban J connectivity index is 1.79. The summed E-state index contributed by atoms with van der Waals surface area (Å²) in [5.41, 5.74) is 0.548. The molecule has 0 amide bonds. The highest BCUT2D eigenvalue weighted by Gasteiger charge is 2.56. The van der Waals surface area contributed by atoms with Crippen molar-refractivity contribution in [2.24, 2.45) is 17.8 Å². The van der Waals surface area contributed by atoms with E-state index in [0.29, 0.717) is 17.5 Å². The van der Waals surface area contributed by atoms with Gasteiger partial charge in [-0.05, 0) is 24.7 Å². The van der Waals surface area contributed by atoms with E-state index in [1.807, 2.05) is 0 Å². The van der Waals surface area contributed by atoms with Gasteiger partial charge < -0.3 is 0 Å². The lowest BCUT2D eigenvalue weighted by Crippen LogP contribution is -2.08. The first-order valence-electron chi connectivity index (χ1n) is 5.18. The number of carbonyl (C=O) groups excluding carboxylic acids is 1. The lowest BCUT2D eigenvalue weighted by molar-refractivity contribution is 0.0946. The summed E-state index contributed by atoms with van der Waals surface area (Å²) in [7, 11) is 0. The van der Waals surface area contributed by atoms with Gasteiger partial charge in [-0.1, -0.05) is 6.42 Å². The molecule has 2 aliphatic rings. The highest BCUT2D eigenvalue weighted by Crippen LogP contribution is 2.58. The second-order valence-corrected chi connectivity index (χ2v) is 4.24. The van der Waals surface area contributed by atoms with E-state index < -0.39 is 0 Å². The van der Waals surface area contributed by atoms with Crippen molar-refractivity contribution in [1.29, 1.82) is 0 Å². The highest BCUT2D eigenvalue weighted by atomic mass is 16.1. The summed E-state index contributed by atoms with van der Waals surface area (Å²) in [6.45, 7) is 0. The summed E-state index contributed by atoms with van der Waals surface area (Å²) in [5.74, 6) is 1.84. The van der Waals surface area contributed by atoms with Crippen LogP contribution in [0.3, 0.4) is 0 Å². The van der Waals surface area contributed by atoms with E-state index in [4.69, 9.17) is 0 Å². The molecule has 72 valence electrons. The molecule has 3 rings (SSSR count). The molecule has 1 aromatic heterocycles. The van der Waals surface area contributed by atoms with E-state index in [0.717, 1.165) is 0 Å². The molecule has 2 atom stereocenters. The van der Waals surface area contributed by atoms with Crippen molar-refractivity contribution < 1.29 is 4.79 Å². The van der Waals surface area contributed by atoms with Gasteiger partial charge >= 0.3 is 0 Å². The Labute approximate surface area is 82.6 Å². The number of hydrogen-bond acceptors (Lipinski definition) is 3. The van der Waals surface area contributed by atoms with Crippen molar-refractivity contribution in [2.45, 2.75) is 19.3 Å². The van der Waals surface area contributed by atoms with Gasteiger partial charge in [0.25, 0.3) is 0 Å². The maximum absolute atomic E-state index is 11.9. The molecule has 2 saturated carbocycles. The maximum Gasteiger partial charge on any atom is 0.186 e. The number of nitrogens with zero attached hydrogens (tertiary/aromatic N) is 2. The van der Waals surface area contributed by atoms with Gasteiger partial charge in [-0.15, -0.1) is 0 Å². The third-order valence-electron chi connectivity index (χ3n) is 3.52. The first-order valence-corrected chi connectivity index (χ1v) is 5.18. The highest BCUT2D eigenvalue weighted by molar-refractivity contribution is 5.98. The van der Waals surface area contributed by atoms with E-state index in [9.17, 15) is 4.79 Å². The minimum atomic E-state index is 0.216. The number of Topliss-reactive ketones (excluding diaryl/α,β-unsaturated/α-hetero) is 1. The SMILES string of the molecule is O=C(c1cnccn1)C1C2CCCC21. The average molecular weight is 188 g/mol. The van der Waals surface area contributed by atoms with Gasteiger partial charge in [0.05, 0.1) is 6.20 Å². The Kier molecular flexibility index (Phi) is 1.66. The maximum atomic E-state index is 11.9. The van der Waals surface area contributed by atoms with Crippen LogP contribution in [0.25, 0.3) is 0 Å². The molecule has 1 aromatic rings. The molecule has 0 bridgehead atoms. The van der Waals surface area contributed by atoms with Crippen molar-refractivity contribution in [1.82, 2.24) is 9.97 Å². The molecule has 0 aliphatic heterocycles. The largest absolute Gasteiger partial charge is 0.292 e. The first kappa shape index (κ1) is 8.09. The minimum Gasteiger partial charge on any atom is -0.292 e. The predicted molar refractivity (Wildman–Crippen MR) is 50.7 cm³/mol. The van der Waals surface area contributed by atoms with Crippen LogP contribution in [0, 0.1) is 17.8 Å². The fourth-order valence-electron chi connectivity index (χ4n) is 2.81. The standard InChI is InChI=1S/C11H12N2O/c14-11(9-6-12-4-5-13-9)10-7-2-1-3-8(7)10/h4-8,10H,1-3H2. The molecule has 0 aromatic carbocycles. The molecule has 0 saturated heterocycles. The van der Waals surface area contributed by atoms with Crippen molar-refractivity contribution in [3.8, 4) is 0 Å². The van der Waals surface area contributed by atoms with Crippen LogP contribution in [0.15, 0.2) is 18.6 Å². The number of ketones is 1. The van der Waals surface area contributed by atoms with Crippen LogP contribution in [-0.2, 0) is 0 Å². The number of hydrogen-bond donors (Lipinski definition) is 0. The molecule has 0 N–H and O–H groups in total. The molecule has 3 heteroatoms. The quantitative estimate of drug-likeness (QED) is 0.663. The Morgan fingerprint density at radius 3 is 2.71 bits per heavy atom. The van der Waals surface area contributed by atoms with E-state index in [-0.39, 0.29) is 11.7 Å². The Morgan fingerprint density at radius 2 is 2.07 bits per heavy atom. The lowest BCUT2D eigenvalue weighted by atomic mass is 10.1. The zero-order chi connectivity index (χ0) is 9.54. The molecular formula is C11H12N2O. The monoisotopic (exact) mass is 188 g/mol. The van der Waals surface area contributed by atoms with Crippen LogP contribution in [-0.4, -0.2) is 15.8 Å². The number of fused-ring (bicyclic) bond motifs is 1. The summed E-state index contributed by atoms with van der Waals surface area (Å²) in [6, 6.07) is 0. The average Bonchev–Trinajstić information content (AvgIpc) is 2.72. The van der Waals surface area contributed by atoms with Gasteiger partial charge in [0.1, 0.15) is 5.69 Å². The van der Waals surface area contributed by atoms with Crippen LogP contribution in [0.1, 0.15) is 29.8 Å². The fourth-order valence-corrected chi connectivity index (χ4v) is 2.81. The van der Waals surface area contributed by atoms with Crippen LogP contribution in [0.5, 0.6) is 0 Å². The smallest absolute Gasteiger partial charge is 0.186 e. The Bertz CT molecular complexity index is 353. The fraction of sp³-hybridized carbons (Fsp3) is 0.545. The lowest BCUT2D eigenvalue weighted by Gasteiger charge is -2.00. The predicted octanol–water partition coefficient (Wildman–Crippen LogP) is 1.71. The van der Waals surface area contributed by atoms with E-state index in [1.165, 1.54) is 19.3 Å². The first-order chi connectivity index (χ1) is 6.88. The zero-order valence-corrected chi connectivity index (χ0v) is 7.89. The van der Waals surface area contributed by atoms with E-state index in [2.05, 4.69) is 9.97 Å². The normalized spacial score (nSPS) is 33.9. The summed E-state index contributed by atoms with van der Waals surface area (Å²) < 4.78 is 0. The van der Waals surface area contributed by atoms with Crippen LogP contribution in [0.4, 0.5) is 0 Å². The molecule has 14 heavy (non-hydrogen) atoms. The molecule has 2 fully saturated rings. The van der Waals surface area contributed by atoms with Crippen LogP contribution < -0.4 is 0 Å². The number of carbonyl (C=O) groups is 1. The summed E-state index contributed by atoms with van der Waals surface area (Å²) >= 11 is 0. The summed E-state index contributed by atoms with van der Waals surface area (Å²) in [6.07, 6.45) is 8.55. The van der Waals surface area contributed by atoms with Gasteiger partial charge in [0.2, 0.25) is 0 Å². The van der Waals surface area contributed by atoms with Gasteiger partial charge in [-0.2, -0.15) is 0 Å². The van der Waals surface area contributed by atoms with Crippen LogP contribution in [0.2, 0.25) is 0 Å². The summed E-state index contributed by atoms with van der Waals surface area (Å²) in [4.78, 5) is 19.9. The minimum absolute atomic E-state index is 0.216. The number of rotatable bonds is 2. The molecule has 2 unspecified atom stereocenters. The van der Waals surface area contributed by atoms with Crippen molar-refractivity contribution in [2.75, 3.05) is 0 Å². The number of aromatic nitrogens is 2. The van der Waals surface area contributed by atoms with Crippen molar-refractivity contribution in [3.63, 3.8) is 0 Å². The van der Waals surface area contributed by atoms with E-state index in [1.54, 1.807) is 18.6 Å². The second-order valence-electron chi connectivity index (χ2n) is 4.24. The molecule has 2 aliphatic carbocycles. The topological polar surface area (TPSA) is 42.9 Å². The van der Waals surface area contributed by atoms with Crippen molar-refractivity contribution in [3.05, 3.63) is 24.3 Å². The van der Waals surface area contributed by atoms with Gasteiger partial charge in [0.15, 0.2) is 5.78 Å². The Morgan fingerprint density at radius 1 is 1.29 bits per heavy atom. The molecule has 0 radical (unpaired) electrons.